The average molecular weight is 244 g/mol. The first-order valence-corrected chi connectivity index (χ1v) is 5.41. The van der Waals surface area contributed by atoms with Gasteiger partial charge in [-0.05, 0) is 6.92 Å². The molecule has 92 valence electrons. The van der Waals surface area contributed by atoms with Gasteiger partial charge in [-0.2, -0.15) is 0 Å². The minimum atomic E-state index is -0.339. The number of rotatable bonds is 4. The van der Waals surface area contributed by atoms with Crippen molar-refractivity contribution in [1.29, 1.82) is 0 Å². The quantitative estimate of drug-likeness (QED) is 0.591. The van der Waals surface area contributed by atoms with E-state index in [2.05, 4.69) is 15.0 Å². The van der Waals surface area contributed by atoms with Crippen molar-refractivity contribution in [2.45, 2.75) is 13.3 Å². The van der Waals surface area contributed by atoms with E-state index in [-0.39, 0.29) is 29.5 Å². The summed E-state index contributed by atoms with van der Waals surface area (Å²) in [6.07, 6.45) is 5.87. The number of ketones is 2. The molecule has 0 fully saturated rings. The van der Waals surface area contributed by atoms with Gasteiger partial charge >= 0.3 is 0 Å². The van der Waals surface area contributed by atoms with E-state index in [1.54, 1.807) is 24.7 Å². The van der Waals surface area contributed by atoms with Gasteiger partial charge < -0.3 is 4.57 Å². The predicted molar refractivity (Wildman–Crippen MR) is 63.3 cm³/mol. The zero-order valence-corrected chi connectivity index (χ0v) is 10.1. The summed E-state index contributed by atoms with van der Waals surface area (Å²) in [7, 11) is 1.71. The zero-order chi connectivity index (χ0) is 13.1. The van der Waals surface area contributed by atoms with Crippen LogP contribution in [0.4, 0.5) is 0 Å². The first-order chi connectivity index (χ1) is 8.59. The van der Waals surface area contributed by atoms with E-state index < -0.39 is 0 Å². The monoisotopic (exact) mass is 244 g/mol. The Hall–Kier alpha value is -2.37. The van der Waals surface area contributed by atoms with Gasteiger partial charge in [0.15, 0.2) is 11.6 Å². The predicted octanol–water partition coefficient (Wildman–Crippen LogP) is 0.974. The molecule has 0 aliphatic rings. The number of hydrogen-bond acceptors (Lipinski definition) is 5. The Bertz CT molecular complexity index is 604. The fourth-order valence-corrected chi connectivity index (χ4v) is 1.62. The van der Waals surface area contributed by atoms with Crippen LogP contribution >= 0.6 is 0 Å². The topological polar surface area (TPSA) is 77.7 Å². The Balaban J connectivity index is 2.16. The lowest BCUT2D eigenvalue weighted by molar-refractivity contribution is 0.0883. The van der Waals surface area contributed by atoms with Crippen molar-refractivity contribution in [2.75, 3.05) is 0 Å². The Morgan fingerprint density at radius 1 is 1.11 bits per heavy atom. The molecule has 0 amide bonds. The molecule has 0 radical (unpaired) electrons. The minimum absolute atomic E-state index is 0.236. The van der Waals surface area contributed by atoms with Gasteiger partial charge in [-0.1, -0.05) is 0 Å². The molecule has 2 heterocycles. The largest absolute Gasteiger partial charge is 0.332 e. The summed E-state index contributed by atoms with van der Waals surface area (Å²) in [5.74, 6) is -0.393. The highest BCUT2D eigenvalue weighted by atomic mass is 16.1. The summed E-state index contributed by atoms with van der Waals surface area (Å²) in [5, 5.41) is 0. The molecule has 18 heavy (non-hydrogen) atoms. The molecule has 0 aliphatic carbocycles. The molecule has 0 saturated heterocycles. The molecule has 6 heteroatoms. The molecule has 6 nitrogen and oxygen atoms in total. The maximum Gasteiger partial charge on any atom is 0.206 e. The van der Waals surface area contributed by atoms with E-state index in [1.807, 2.05) is 0 Å². The number of carbonyl (C=O) groups is 2. The SMILES string of the molecule is Cc1nccnc1C(=O)CC(=O)c1nccn1C. The van der Waals surface area contributed by atoms with Gasteiger partial charge in [0.1, 0.15) is 5.69 Å². The van der Waals surface area contributed by atoms with Crippen molar-refractivity contribution >= 4 is 11.6 Å². The Kier molecular flexibility index (Phi) is 3.27. The van der Waals surface area contributed by atoms with Crippen LogP contribution in [0.2, 0.25) is 0 Å². The van der Waals surface area contributed by atoms with Crippen LogP contribution in [-0.4, -0.2) is 31.1 Å². The Morgan fingerprint density at radius 3 is 2.44 bits per heavy atom. The number of carbonyl (C=O) groups excluding carboxylic acids is 2. The van der Waals surface area contributed by atoms with Crippen LogP contribution in [0.1, 0.15) is 33.2 Å². The maximum absolute atomic E-state index is 11.9. The van der Waals surface area contributed by atoms with Crippen molar-refractivity contribution in [3.05, 3.63) is 42.0 Å². The third-order valence-corrected chi connectivity index (χ3v) is 2.54. The van der Waals surface area contributed by atoms with Crippen LogP contribution < -0.4 is 0 Å². The lowest BCUT2D eigenvalue weighted by Gasteiger charge is -2.02. The lowest BCUT2D eigenvalue weighted by atomic mass is 10.1. The third kappa shape index (κ3) is 2.32. The fraction of sp³-hybridized carbons (Fsp3) is 0.250. The normalized spacial score (nSPS) is 10.3. The molecule has 0 N–H and O–H groups in total. The lowest BCUT2D eigenvalue weighted by Crippen LogP contribution is -2.15. The van der Waals surface area contributed by atoms with Gasteiger partial charge in [0.05, 0.1) is 12.1 Å². The average Bonchev–Trinajstić information content (AvgIpc) is 2.76. The van der Waals surface area contributed by atoms with E-state index >= 15 is 0 Å². The van der Waals surface area contributed by atoms with Crippen LogP contribution in [0.15, 0.2) is 24.8 Å². The molecule has 2 aromatic heterocycles. The number of aromatic nitrogens is 4. The number of Topliss-reactive ketones (excluding diaryl/α,β-unsaturated/α-hetero) is 2. The molecule has 0 aromatic carbocycles. The summed E-state index contributed by atoms with van der Waals surface area (Å²) < 4.78 is 1.58. The van der Waals surface area contributed by atoms with E-state index in [0.717, 1.165) is 0 Å². The molecule has 0 aliphatic heterocycles. The molecule has 0 unspecified atom stereocenters. The van der Waals surface area contributed by atoms with Crippen LogP contribution in [0, 0.1) is 6.92 Å². The molecule has 2 rings (SSSR count). The van der Waals surface area contributed by atoms with Crippen molar-refractivity contribution in [2.24, 2.45) is 7.05 Å². The van der Waals surface area contributed by atoms with Crippen LogP contribution in [-0.2, 0) is 7.05 Å². The van der Waals surface area contributed by atoms with Gasteiger partial charge in [-0.15, -0.1) is 0 Å². The third-order valence-electron chi connectivity index (χ3n) is 2.54. The van der Waals surface area contributed by atoms with E-state index in [1.165, 1.54) is 18.6 Å². The van der Waals surface area contributed by atoms with E-state index in [4.69, 9.17) is 0 Å². The number of aryl methyl sites for hydroxylation is 2. The molecule has 0 atom stereocenters. The first-order valence-electron chi connectivity index (χ1n) is 5.41. The van der Waals surface area contributed by atoms with Gasteiger partial charge in [-0.3, -0.25) is 14.6 Å². The van der Waals surface area contributed by atoms with E-state index in [9.17, 15) is 9.59 Å². The molecule has 0 spiro atoms. The smallest absolute Gasteiger partial charge is 0.206 e. The second kappa shape index (κ2) is 4.87. The number of hydrogen-bond donors (Lipinski definition) is 0. The number of nitrogens with zero attached hydrogens (tertiary/aromatic N) is 4. The van der Waals surface area contributed by atoms with Gasteiger partial charge in [0.2, 0.25) is 5.78 Å². The van der Waals surface area contributed by atoms with Gasteiger partial charge in [0.25, 0.3) is 0 Å². The van der Waals surface area contributed by atoms with Crippen molar-refractivity contribution in [3.63, 3.8) is 0 Å². The fourth-order valence-electron chi connectivity index (χ4n) is 1.62. The van der Waals surface area contributed by atoms with Crippen molar-refractivity contribution < 1.29 is 9.59 Å². The molecular formula is C12H12N4O2. The molecule has 0 saturated carbocycles. The summed E-state index contributed by atoms with van der Waals surface area (Å²) in [6, 6.07) is 0. The highest BCUT2D eigenvalue weighted by Gasteiger charge is 2.19. The standard InChI is InChI=1S/C12H12N4O2/c1-8-11(14-4-3-13-8)9(17)7-10(18)12-15-5-6-16(12)2/h3-6H,7H2,1-2H3. The first kappa shape index (κ1) is 12.1. The Morgan fingerprint density at radius 2 is 1.83 bits per heavy atom. The summed E-state index contributed by atoms with van der Waals surface area (Å²) >= 11 is 0. The minimum Gasteiger partial charge on any atom is -0.332 e. The number of imidazole rings is 1. The van der Waals surface area contributed by atoms with Gasteiger partial charge in [-0.25, -0.2) is 9.97 Å². The van der Waals surface area contributed by atoms with Crippen LogP contribution in [0.25, 0.3) is 0 Å². The zero-order valence-electron chi connectivity index (χ0n) is 10.1. The van der Waals surface area contributed by atoms with Crippen LogP contribution in [0.5, 0.6) is 0 Å². The van der Waals surface area contributed by atoms with Crippen LogP contribution in [0.3, 0.4) is 0 Å². The Labute approximate surface area is 104 Å². The summed E-state index contributed by atoms with van der Waals surface area (Å²) in [5.41, 5.74) is 0.759. The second-order valence-electron chi connectivity index (χ2n) is 3.88. The highest BCUT2D eigenvalue weighted by Crippen LogP contribution is 2.07. The highest BCUT2D eigenvalue weighted by molar-refractivity contribution is 6.11. The van der Waals surface area contributed by atoms with Gasteiger partial charge in [0, 0.05) is 31.8 Å². The molecule has 0 bridgehead atoms. The van der Waals surface area contributed by atoms with Crippen molar-refractivity contribution in [3.8, 4) is 0 Å². The molecule has 2 aromatic rings. The van der Waals surface area contributed by atoms with Crippen molar-refractivity contribution in [1.82, 2.24) is 19.5 Å². The second-order valence-corrected chi connectivity index (χ2v) is 3.88. The molecular weight excluding hydrogens is 232 g/mol. The summed E-state index contributed by atoms with van der Waals surface area (Å²) in [4.78, 5) is 35.6. The van der Waals surface area contributed by atoms with E-state index in [0.29, 0.717) is 5.69 Å². The summed E-state index contributed by atoms with van der Waals surface area (Å²) in [6.45, 7) is 1.69. The maximum atomic E-state index is 11.9.